The minimum Gasteiger partial charge on any atom is -0.365 e. The van der Waals surface area contributed by atoms with E-state index in [1.165, 1.54) is 0 Å². The third kappa shape index (κ3) is 3.32. The van der Waals surface area contributed by atoms with E-state index in [9.17, 15) is 0 Å². The van der Waals surface area contributed by atoms with E-state index in [1.54, 1.807) is 6.33 Å². The number of anilines is 2. The standard InChI is InChI=1S/C15H18BrN5/c1-10-7-14(18-9-17-10)20-12-5-6-21(8-12)15-4-3-13(16)11(2)19-15/h3-4,7,9,12H,5-6,8H2,1-2H3,(H,17,18,20). The number of nitrogens with zero attached hydrogens (tertiary/aromatic N) is 4. The van der Waals surface area contributed by atoms with E-state index < -0.39 is 0 Å². The number of aryl methyl sites for hydroxylation is 2. The van der Waals surface area contributed by atoms with Gasteiger partial charge in [-0.25, -0.2) is 15.0 Å². The van der Waals surface area contributed by atoms with E-state index in [2.05, 4.69) is 53.2 Å². The van der Waals surface area contributed by atoms with Crippen LogP contribution < -0.4 is 10.2 Å². The molecule has 1 fully saturated rings. The van der Waals surface area contributed by atoms with Gasteiger partial charge in [0.25, 0.3) is 0 Å². The smallest absolute Gasteiger partial charge is 0.129 e. The Labute approximate surface area is 133 Å². The second-order valence-electron chi connectivity index (χ2n) is 5.36. The van der Waals surface area contributed by atoms with E-state index in [4.69, 9.17) is 0 Å². The first-order chi connectivity index (χ1) is 10.1. The van der Waals surface area contributed by atoms with Gasteiger partial charge in [-0.15, -0.1) is 0 Å². The van der Waals surface area contributed by atoms with Crippen molar-refractivity contribution in [3.63, 3.8) is 0 Å². The van der Waals surface area contributed by atoms with E-state index in [-0.39, 0.29) is 0 Å². The molecule has 0 amide bonds. The van der Waals surface area contributed by atoms with Crippen LogP contribution in [0.3, 0.4) is 0 Å². The molecule has 1 aliphatic rings. The van der Waals surface area contributed by atoms with E-state index in [1.807, 2.05) is 19.9 Å². The zero-order valence-corrected chi connectivity index (χ0v) is 13.8. The summed E-state index contributed by atoms with van der Waals surface area (Å²) in [7, 11) is 0. The summed E-state index contributed by atoms with van der Waals surface area (Å²) in [6.45, 7) is 5.94. The van der Waals surface area contributed by atoms with Crippen molar-refractivity contribution in [2.75, 3.05) is 23.3 Å². The van der Waals surface area contributed by atoms with Crippen molar-refractivity contribution < 1.29 is 0 Å². The van der Waals surface area contributed by atoms with Crippen LogP contribution in [0.25, 0.3) is 0 Å². The van der Waals surface area contributed by atoms with Crippen LogP contribution in [0.4, 0.5) is 11.6 Å². The molecule has 2 aromatic heterocycles. The Balaban J connectivity index is 1.66. The van der Waals surface area contributed by atoms with Gasteiger partial charge in [0.1, 0.15) is 18.0 Å². The molecule has 3 heterocycles. The highest BCUT2D eigenvalue weighted by molar-refractivity contribution is 9.10. The Morgan fingerprint density at radius 1 is 1.29 bits per heavy atom. The maximum Gasteiger partial charge on any atom is 0.129 e. The number of rotatable bonds is 3. The van der Waals surface area contributed by atoms with Crippen molar-refractivity contribution in [3.05, 3.63) is 40.4 Å². The van der Waals surface area contributed by atoms with Crippen LogP contribution >= 0.6 is 15.9 Å². The highest BCUT2D eigenvalue weighted by atomic mass is 79.9. The molecule has 110 valence electrons. The van der Waals surface area contributed by atoms with Crippen LogP contribution in [0, 0.1) is 13.8 Å². The molecule has 0 saturated carbocycles. The molecule has 1 atom stereocenters. The summed E-state index contributed by atoms with van der Waals surface area (Å²) in [6.07, 6.45) is 2.68. The average molecular weight is 348 g/mol. The van der Waals surface area contributed by atoms with E-state index >= 15 is 0 Å². The molecule has 0 spiro atoms. The van der Waals surface area contributed by atoms with Gasteiger partial charge in [0.2, 0.25) is 0 Å². The van der Waals surface area contributed by atoms with Crippen molar-refractivity contribution in [1.29, 1.82) is 0 Å². The monoisotopic (exact) mass is 347 g/mol. The Bertz CT molecular complexity index is 646. The fraction of sp³-hybridized carbons (Fsp3) is 0.400. The van der Waals surface area contributed by atoms with Crippen LogP contribution in [0.5, 0.6) is 0 Å². The highest BCUT2D eigenvalue weighted by Crippen LogP contribution is 2.23. The summed E-state index contributed by atoms with van der Waals surface area (Å²) < 4.78 is 1.05. The Morgan fingerprint density at radius 3 is 2.90 bits per heavy atom. The number of aromatic nitrogens is 3. The second-order valence-corrected chi connectivity index (χ2v) is 6.21. The molecule has 2 aromatic rings. The predicted octanol–water partition coefficient (Wildman–Crippen LogP) is 2.94. The van der Waals surface area contributed by atoms with Gasteiger partial charge >= 0.3 is 0 Å². The molecule has 0 bridgehead atoms. The third-order valence-electron chi connectivity index (χ3n) is 3.67. The second kappa shape index (κ2) is 5.97. The fourth-order valence-corrected chi connectivity index (χ4v) is 2.76. The highest BCUT2D eigenvalue weighted by Gasteiger charge is 2.23. The Morgan fingerprint density at radius 2 is 2.14 bits per heavy atom. The van der Waals surface area contributed by atoms with Gasteiger partial charge in [-0.3, -0.25) is 0 Å². The topological polar surface area (TPSA) is 53.9 Å². The zero-order valence-electron chi connectivity index (χ0n) is 12.2. The molecule has 1 unspecified atom stereocenters. The molecule has 0 aliphatic carbocycles. The first kappa shape index (κ1) is 14.3. The summed E-state index contributed by atoms with van der Waals surface area (Å²) in [5.41, 5.74) is 2.00. The summed E-state index contributed by atoms with van der Waals surface area (Å²) in [4.78, 5) is 15.3. The van der Waals surface area contributed by atoms with Crippen LogP contribution in [0.2, 0.25) is 0 Å². The van der Waals surface area contributed by atoms with Crippen molar-refractivity contribution in [3.8, 4) is 0 Å². The molecular weight excluding hydrogens is 330 g/mol. The lowest BCUT2D eigenvalue weighted by Crippen LogP contribution is -2.27. The van der Waals surface area contributed by atoms with Gasteiger partial charge in [-0.05, 0) is 48.3 Å². The SMILES string of the molecule is Cc1cc(NC2CCN(c3ccc(Br)c(C)n3)C2)ncn1. The number of pyridine rings is 1. The first-order valence-corrected chi connectivity index (χ1v) is 7.84. The lowest BCUT2D eigenvalue weighted by atomic mass is 10.2. The molecule has 3 rings (SSSR count). The fourth-order valence-electron chi connectivity index (χ4n) is 2.54. The van der Waals surface area contributed by atoms with Gasteiger partial charge in [0, 0.05) is 35.4 Å². The minimum absolute atomic E-state index is 0.394. The Hall–Kier alpha value is -1.69. The molecule has 21 heavy (non-hydrogen) atoms. The van der Waals surface area contributed by atoms with E-state index in [0.29, 0.717) is 6.04 Å². The van der Waals surface area contributed by atoms with Gasteiger partial charge < -0.3 is 10.2 Å². The maximum absolute atomic E-state index is 4.64. The predicted molar refractivity (Wildman–Crippen MR) is 87.7 cm³/mol. The lowest BCUT2D eigenvalue weighted by Gasteiger charge is -2.19. The van der Waals surface area contributed by atoms with E-state index in [0.717, 1.165) is 47.0 Å². The summed E-state index contributed by atoms with van der Waals surface area (Å²) >= 11 is 3.49. The van der Waals surface area contributed by atoms with Gasteiger partial charge in [0.15, 0.2) is 0 Å². The molecule has 0 aromatic carbocycles. The first-order valence-electron chi connectivity index (χ1n) is 7.05. The van der Waals surface area contributed by atoms with Crippen molar-refractivity contribution in [1.82, 2.24) is 15.0 Å². The minimum atomic E-state index is 0.394. The maximum atomic E-state index is 4.64. The van der Waals surface area contributed by atoms with Crippen LogP contribution in [0.1, 0.15) is 17.8 Å². The zero-order chi connectivity index (χ0) is 14.8. The number of hydrogen-bond donors (Lipinski definition) is 1. The van der Waals surface area contributed by atoms with Gasteiger partial charge in [0.05, 0.1) is 5.69 Å². The Kier molecular flexibility index (Phi) is 4.05. The quantitative estimate of drug-likeness (QED) is 0.924. The van der Waals surface area contributed by atoms with Crippen molar-refractivity contribution in [2.45, 2.75) is 26.3 Å². The molecular formula is C15H18BrN5. The number of halogens is 1. The van der Waals surface area contributed by atoms with Crippen LogP contribution in [-0.4, -0.2) is 34.1 Å². The van der Waals surface area contributed by atoms with Gasteiger partial charge in [-0.2, -0.15) is 0 Å². The average Bonchev–Trinajstić information content (AvgIpc) is 2.90. The summed E-state index contributed by atoms with van der Waals surface area (Å²) in [5, 5.41) is 3.48. The molecule has 1 aliphatic heterocycles. The molecule has 0 radical (unpaired) electrons. The van der Waals surface area contributed by atoms with Crippen molar-refractivity contribution >= 4 is 27.6 Å². The largest absolute Gasteiger partial charge is 0.365 e. The molecule has 1 saturated heterocycles. The summed E-state index contributed by atoms with van der Waals surface area (Å²) in [6, 6.07) is 6.50. The lowest BCUT2D eigenvalue weighted by molar-refractivity contribution is 0.797. The third-order valence-corrected chi connectivity index (χ3v) is 4.51. The summed E-state index contributed by atoms with van der Waals surface area (Å²) in [5.74, 6) is 1.94. The van der Waals surface area contributed by atoms with Gasteiger partial charge in [-0.1, -0.05) is 0 Å². The van der Waals surface area contributed by atoms with Crippen LogP contribution in [-0.2, 0) is 0 Å². The number of hydrogen-bond acceptors (Lipinski definition) is 5. The van der Waals surface area contributed by atoms with Crippen LogP contribution in [0.15, 0.2) is 29.0 Å². The molecule has 5 nitrogen and oxygen atoms in total. The van der Waals surface area contributed by atoms with Crippen molar-refractivity contribution in [2.24, 2.45) is 0 Å². The molecule has 6 heteroatoms. The normalized spacial score (nSPS) is 18.0. The molecule has 1 N–H and O–H groups in total. The number of nitrogens with one attached hydrogen (secondary N) is 1.